The molecule has 0 radical (unpaired) electrons. The van der Waals surface area contributed by atoms with E-state index in [9.17, 15) is 4.39 Å². The molecule has 1 aliphatic rings. The van der Waals surface area contributed by atoms with Crippen molar-refractivity contribution in [2.75, 3.05) is 11.9 Å². The van der Waals surface area contributed by atoms with Crippen LogP contribution in [0.2, 0.25) is 0 Å². The number of hydrogen-bond donors (Lipinski definition) is 1. The number of aromatic nitrogens is 1. The number of thiazole rings is 1. The van der Waals surface area contributed by atoms with Crippen LogP contribution >= 0.6 is 11.3 Å². The predicted molar refractivity (Wildman–Crippen MR) is 79.3 cm³/mol. The van der Waals surface area contributed by atoms with E-state index in [1.165, 1.54) is 50.7 Å². The van der Waals surface area contributed by atoms with E-state index in [2.05, 4.69) is 10.3 Å². The molecule has 0 bridgehead atoms. The van der Waals surface area contributed by atoms with Crippen molar-refractivity contribution >= 4 is 26.7 Å². The van der Waals surface area contributed by atoms with E-state index in [1.807, 2.05) is 0 Å². The van der Waals surface area contributed by atoms with Crippen LogP contribution in [-0.2, 0) is 0 Å². The lowest BCUT2D eigenvalue weighted by atomic mass is 9.87. The second kappa shape index (κ2) is 5.87. The highest BCUT2D eigenvalue weighted by Crippen LogP contribution is 2.28. The van der Waals surface area contributed by atoms with E-state index in [1.54, 1.807) is 17.4 Å². The molecule has 0 aliphatic heterocycles. The van der Waals surface area contributed by atoms with Crippen LogP contribution in [0, 0.1) is 11.7 Å². The standard InChI is InChI=1S/C15H19FN2S/c16-12-6-7-14-13(10-12)18-15(19-14)17-9-8-11-4-2-1-3-5-11/h6-7,10-11H,1-5,8-9H2,(H,17,18). The fourth-order valence-electron chi connectivity index (χ4n) is 2.84. The van der Waals surface area contributed by atoms with Crippen LogP contribution < -0.4 is 5.32 Å². The van der Waals surface area contributed by atoms with Gasteiger partial charge in [-0.1, -0.05) is 43.4 Å². The van der Waals surface area contributed by atoms with Gasteiger partial charge in [-0.15, -0.1) is 0 Å². The zero-order chi connectivity index (χ0) is 13.1. The zero-order valence-electron chi connectivity index (χ0n) is 11.0. The van der Waals surface area contributed by atoms with Gasteiger partial charge in [-0.05, 0) is 24.5 Å². The van der Waals surface area contributed by atoms with E-state index >= 15 is 0 Å². The average Bonchev–Trinajstić information content (AvgIpc) is 2.82. The van der Waals surface area contributed by atoms with Gasteiger partial charge in [-0.3, -0.25) is 0 Å². The molecular formula is C15H19FN2S. The van der Waals surface area contributed by atoms with Gasteiger partial charge in [0.15, 0.2) is 5.13 Å². The van der Waals surface area contributed by atoms with Crippen molar-refractivity contribution < 1.29 is 4.39 Å². The van der Waals surface area contributed by atoms with Crippen molar-refractivity contribution in [1.29, 1.82) is 0 Å². The van der Waals surface area contributed by atoms with E-state index in [-0.39, 0.29) is 5.82 Å². The van der Waals surface area contributed by atoms with Crippen LogP contribution in [0.5, 0.6) is 0 Å². The quantitative estimate of drug-likeness (QED) is 0.867. The number of nitrogens with zero attached hydrogens (tertiary/aromatic N) is 1. The molecule has 102 valence electrons. The summed E-state index contributed by atoms with van der Waals surface area (Å²) < 4.78 is 14.1. The Hall–Kier alpha value is -1.16. The van der Waals surface area contributed by atoms with Gasteiger partial charge >= 0.3 is 0 Å². The summed E-state index contributed by atoms with van der Waals surface area (Å²) in [6.45, 7) is 0.979. The molecular weight excluding hydrogens is 259 g/mol. The minimum absolute atomic E-state index is 0.216. The molecule has 2 aromatic rings. The Morgan fingerprint density at radius 3 is 2.95 bits per heavy atom. The number of rotatable bonds is 4. The average molecular weight is 278 g/mol. The first-order valence-electron chi connectivity index (χ1n) is 7.11. The van der Waals surface area contributed by atoms with Gasteiger partial charge in [-0.25, -0.2) is 9.37 Å². The highest BCUT2D eigenvalue weighted by atomic mass is 32.1. The first-order valence-corrected chi connectivity index (χ1v) is 7.93. The van der Waals surface area contributed by atoms with Gasteiger partial charge in [0.2, 0.25) is 0 Å². The zero-order valence-corrected chi connectivity index (χ0v) is 11.8. The summed E-state index contributed by atoms with van der Waals surface area (Å²) in [7, 11) is 0. The van der Waals surface area contributed by atoms with Crippen LogP contribution in [0.4, 0.5) is 9.52 Å². The second-order valence-electron chi connectivity index (χ2n) is 5.35. The Kier molecular flexibility index (Phi) is 3.97. The minimum atomic E-state index is -0.216. The molecule has 0 spiro atoms. The van der Waals surface area contributed by atoms with E-state index < -0.39 is 0 Å². The third kappa shape index (κ3) is 3.24. The van der Waals surface area contributed by atoms with Gasteiger partial charge in [0.25, 0.3) is 0 Å². The molecule has 1 aliphatic carbocycles. The van der Waals surface area contributed by atoms with Crippen molar-refractivity contribution in [3.05, 3.63) is 24.0 Å². The van der Waals surface area contributed by atoms with Crippen LogP contribution in [0.3, 0.4) is 0 Å². The number of benzene rings is 1. The van der Waals surface area contributed by atoms with Crippen LogP contribution in [-0.4, -0.2) is 11.5 Å². The molecule has 1 N–H and O–H groups in total. The highest BCUT2D eigenvalue weighted by molar-refractivity contribution is 7.22. The lowest BCUT2D eigenvalue weighted by Gasteiger charge is -2.21. The van der Waals surface area contributed by atoms with Crippen LogP contribution in [0.15, 0.2) is 18.2 Å². The SMILES string of the molecule is Fc1ccc2sc(NCCC3CCCCC3)nc2c1. The van der Waals surface area contributed by atoms with Gasteiger partial charge in [0, 0.05) is 12.6 Å². The van der Waals surface area contributed by atoms with Crippen molar-refractivity contribution in [2.24, 2.45) is 5.92 Å². The molecule has 1 saturated carbocycles. The molecule has 0 saturated heterocycles. The monoisotopic (exact) mass is 278 g/mol. The highest BCUT2D eigenvalue weighted by Gasteiger charge is 2.13. The summed E-state index contributed by atoms with van der Waals surface area (Å²) >= 11 is 1.60. The number of fused-ring (bicyclic) bond motifs is 1. The Morgan fingerprint density at radius 1 is 1.26 bits per heavy atom. The second-order valence-corrected chi connectivity index (χ2v) is 6.38. The summed E-state index contributed by atoms with van der Waals surface area (Å²) in [6, 6.07) is 4.79. The fourth-order valence-corrected chi connectivity index (χ4v) is 3.71. The Balaban J connectivity index is 1.56. The molecule has 1 heterocycles. The topological polar surface area (TPSA) is 24.9 Å². The summed E-state index contributed by atoms with van der Waals surface area (Å²) in [6.07, 6.45) is 8.19. The molecule has 0 amide bonds. The molecule has 1 fully saturated rings. The maximum absolute atomic E-state index is 13.1. The van der Waals surface area contributed by atoms with Crippen molar-refractivity contribution in [1.82, 2.24) is 4.98 Å². The van der Waals surface area contributed by atoms with Gasteiger partial charge < -0.3 is 5.32 Å². The molecule has 2 nitrogen and oxygen atoms in total. The van der Waals surface area contributed by atoms with Gasteiger partial charge in [-0.2, -0.15) is 0 Å². The molecule has 19 heavy (non-hydrogen) atoms. The number of halogens is 1. The summed E-state index contributed by atoms with van der Waals surface area (Å²) in [5, 5.41) is 4.30. The normalized spacial score (nSPS) is 16.9. The van der Waals surface area contributed by atoms with Crippen molar-refractivity contribution in [2.45, 2.75) is 38.5 Å². The Labute approximate surface area is 117 Å². The number of anilines is 1. The van der Waals surface area contributed by atoms with Gasteiger partial charge in [0.1, 0.15) is 5.82 Å². The third-order valence-corrected chi connectivity index (χ3v) is 4.90. The van der Waals surface area contributed by atoms with Crippen molar-refractivity contribution in [3.8, 4) is 0 Å². The molecule has 0 atom stereocenters. The summed E-state index contributed by atoms with van der Waals surface area (Å²) in [4.78, 5) is 4.42. The fraction of sp³-hybridized carbons (Fsp3) is 0.533. The van der Waals surface area contributed by atoms with E-state index in [0.29, 0.717) is 0 Å². The predicted octanol–water partition coefficient (Wildman–Crippen LogP) is 4.82. The lowest BCUT2D eigenvalue weighted by Crippen LogP contribution is -2.11. The lowest BCUT2D eigenvalue weighted by molar-refractivity contribution is 0.345. The molecule has 1 aromatic heterocycles. The number of hydrogen-bond acceptors (Lipinski definition) is 3. The summed E-state index contributed by atoms with van der Waals surface area (Å²) in [5.41, 5.74) is 0.755. The first-order chi connectivity index (χ1) is 9.31. The van der Waals surface area contributed by atoms with Crippen LogP contribution in [0.25, 0.3) is 10.2 Å². The molecule has 4 heteroatoms. The smallest absolute Gasteiger partial charge is 0.183 e. The molecule has 3 rings (SSSR count). The maximum atomic E-state index is 13.1. The first kappa shape index (κ1) is 12.9. The Morgan fingerprint density at radius 2 is 2.11 bits per heavy atom. The van der Waals surface area contributed by atoms with Gasteiger partial charge in [0.05, 0.1) is 10.2 Å². The van der Waals surface area contributed by atoms with Crippen molar-refractivity contribution in [3.63, 3.8) is 0 Å². The van der Waals surface area contributed by atoms with E-state index in [0.717, 1.165) is 27.8 Å². The van der Waals surface area contributed by atoms with E-state index in [4.69, 9.17) is 0 Å². The minimum Gasteiger partial charge on any atom is -0.361 e. The summed E-state index contributed by atoms with van der Waals surface area (Å²) in [5.74, 6) is 0.666. The molecule has 0 unspecified atom stereocenters. The Bertz CT molecular complexity index is 546. The molecule has 1 aromatic carbocycles. The maximum Gasteiger partial charge on any atom is 0.183 e. The number of nitrogens with one attached hydrogen (secondary N) is 1. The van der Waals surface area contributed by atoms with Crippen LogP contribution in [0.1, 0.15) is 38.5 Å². The largest absolute Gasteiger partial charge is 0.361 e. The third-order valence-electron chi connectivity index (χ3n) is 3.90.